The Hall–Kier alpha value is -2.36. The maximum absolute atomic E-state index is 13.0. The Morgan fingerprint density at radius 1 is 1.00 bits per heavy atom. The van der Waals surface area contributed by atoms with Crippen LogP contribution in [0, 0.1) is 6.92 Å². The number of ether oxygens (including phenoxy) is 1. The van der Waals surface area contributed by atoms with E-state index in [0.717, 1.165) is 43.4 Å². The van der Waals surface area contributed by atoms with Gasteiger partial charge in [-0.1, -0.05) is 57.9 Å². The van der Waals surface area contributed by atoms with Gasteiger partial charge in [0.25, 0.3) is 0 Å². The molecule has 1 N–H and O–H groups in total. The van der Waals surface area contributed by atoms with Crippen LogP contribution in [0.1, 0.15) is 115 Å². The minimum Gasteiger partial charge on any atom is -0.458 e. The van der Waals surface area contributed by atoms with Crippen LogP contribution in [0.15, 0.2) is 24.3 Å². The van der Waals surface area contributed by atoms with E-state index in [-0.39, 0.29) is 29.2 Å². The first kappa shape index (κ1) is 21.9. The summed E-state index contributed by atoms with van der Waals surface area (Å²) in [5.41, 5.74) is 5.38. The van der Waals surface area contributed by atoms with Crippen molar-refractivity contribution in [2.75, 3.05) is 0 Å². The van der Waals surface area contributed by atoms with E-state index < -0.39 is 0 Å². The number of esters is 1. The number of aromatic nitrogens is 1. The Kier molecular flexibility index (Phi) is 6.09. The summed E-state index contributed by atoms with van der Waals surface area (Å²) in [7, 11) is 0. The third-order valence-electron chi connectivity index (χ3n) is 7.02. The maximum Gasteiger partial charge on any atom is 0.355 e. The monoisotopic (exact) mass is 421 g/mol. The molecule has 1 heterocycles. The molecular weight excluding hydrogens is 386 g/mol. The van der Waals surface area contributed by atoms with Crippen molar-refractivity contribution in [1.29, 1.82) is 0 Å². The van der Waals surface area contributed by atoms with Crippen molar-refractivity contribution < 1.29 is 14.3 Å². The van der Waals surface area contributed by atoms with E-state index in [1.165, 1.54) is 24.0 Å². The fourth-order valence-corrected chi connectivity index (χ4v) is 5.10. The van der Waals surface area contributed by atoms with Crippen molar-refractivity contribution in [2.45, 2.75) is 96.5 Å². The quantitative estimate of drug-likeness (QED) is 0.460. The van der Waals surface area contributed by atoms with Crippen LogP contribution in [0.5, 0.6) is 0 Å². The summed E-state index contributed by atoms with van der Waals surface area (Å²) in [6.45, 7) is 8.48. The summed E-state index contributed by atoms with van der Waals surface area (Å²) < 4.78 is 5.83. The van der Waals surface area contributed by atoms with Gasteiger partial charge in [0.15, 0.2) is 5.78 Å². The zero-order valence-electron chi connectivity index (χ0n) is 19.3. The fraction of sp³-hybridized carbons (Fsp3) is 0.556. The second-order valence-corrected chi connectivity index (χ2v) is 10.4. The summed E-state index contributed by atoms with van der Waals surface area (Å²) in [5.74, 6) is -0.0520. The molecule has 0 amide bonds. The van der Waals surface area contributed by atoms with Gasteiger partial charge in [-0.05, 0) is 67.1 Å². The first-order valence-electron chi connectivity index (χ1n) is 11.8. The number of hydrogen-bond acceptors (Lipinski definition) is 3. The summed E-state index contributed by atoms with van der Waals surface area (Å²) in [5, 5.41) is 0. The van der Waals surface area contributed by atoms with E-state index in [1.54, 1.807) is 0 Å². The molecule has 0 bridgehead atoms. The predicted molar refractivity (Wildman–Crippen MR) is 123 cm³/mol. The summed E-state index contributed by atoms with van der Waals surface area (Å²) in [4.78, 5) is 29.2. The number of H-pyrrole nitrogens is 1. The molecule has 0 saturated heterocycles. The molecule has 0 spiro atoms. The zero-order chi connectivity index (χ0) is 22.2. The highest BCUT2D eigenvalue weighted by Gasteiger charge is 2.33. The third-order valence-corrected chi connectivity index (χ3v) is 7.02. The number of fused-ring (bicyclic) bond motifs is 1. The van der Waals surface area contributed by atoms with Crippen molar-refractivity contribution >= 4 is 11.8 Å². The number of nitrogens with one attached hydrogen (secondary N) is 1. The molecule has 166 valence electrons. The van der Waals surface area contributed by atoms with Gasteiger partial charge in [0.1, 0.15) is 11.8 Å². The van der Waals surface area contributed by atoms with Crippen LogP contribution in [0.2, 0.25) is 0 Å². The largest absolute Gasteiger partial charge is 0.458 e. The number of ketones is 1. The smallest absolute Gasteiger partial charge is 0.355 e. The predicted octanol–water partition coefficient (Wildman–Crippen LogP) is 6.41. The summed E-state index contributed by atoms with van der Waals surface area (Å²) in [6, 6.07) is 8.65. The molecule has 0 radical (unpaired) electrons. The van der Waals surface area contributed by atoms with Gasteiger partial charge < -0.3 is 9.72 Å². The third kappa shape index (κ3) is 4.63. The van der Waals surface area contributed by atoms with Gasteiger partial charge in [0, 0.05) is 17.7 Å². The van der Waals surface area contributed by atoms with Crippen LogP contribution in [0.4, 0.5) is 0 Å². The standard InChI is InChI=1S/C27H35NO3/c1-17-24-22(28-25(17)26(30)31-21-9-7-5-6-8-10-21)15-19(16-23(24)29)18-11-13-20(14-12-18)27(2,3)4/h11-14,19,21,28H,5-10,15-16H2,1-4H3. The molecule has 1 fully saturated rings. The second-order valence-electron chi connectivity index (χ2n) is 10.4. The van der Waals surface area contributed by atoms with Crippen LogP contribution in [-0.4, -0.2) is 22.8 Å². The van der Waals surface area contributed by atoms with E-state index in [2.05, 4.69) is 50.0 Å². The molecule has 2 aliphatic carbocycles. The number of carbonyl (C=O) groups excluding carboxylic acids is 2. The molecule has 4 rings (SSSR count). The van der Waals surface area contributed by atoms with Gasteiger partial charge in [-0.2, -0.15) is 0 Å². The van der Waals surface area contributed by atoms with E-state index in [4.69, 9.17) is 4.74 Å². The minimum atomic E-state index is -0.308. The topological polar surface area (TPSA) is 59.2 Å². The average molecular weight is 422 g/mol. The van der Waals surface area contributed by atoms with E-state index in [0.29, 0.717) is 17.7 Å². The first-order valence-corrected chi connectivity index (χ1v) is 11.8. The Labute approximate surface area is 185 Å². The number of rotatable bonds is 3. The highest BCUT2D eigenvalue weighted by atomic mass is 16.5. The molecule has 2 aliphatic rings. The normalized spacial score (nSPS) is 20.3. The Morgan fingerprint density at radius 3 is 2.26 bits per heavy atom. The van der Waals surface area contributed by atoms with E-state index >= 15 is 0 Å². The lowest BCUT2D eigenvalue weighted by Gasteiger charge is -2.24. The Balaban J connectivity index is 1.53. The van der Waals surface area contributed by atoms with Gasteiger partial charge in [0.2, 0.25) is 0 Å². The molecule has 0 aliphatic heterocycles. The Morgan fingerprint density at radius 2 is 1.65 bits per heavy atom. The van der Waals surface area contributed by atoms with E-state index in [9.17, 15) is 9.59 Å². The van der Waals surface area contributed by atoms with Gasteiger partial charge in [-0.25, -0.2) is 4.79 Å². The molecule has 1 aromatic carbocycles. The van der Waals surface area contributed by atoms with Crippen LogP contribution in [0.25, 0.3) is 0 Å². The Bertz CT molecular complexity index is 954. The van der Waals surface area contributed by atoms with Gasteiger partial charge in [0.05, 0.1) is 0 Å². The van der Waals surface area contributed by atoms with Gasteiger partial charge in [-0.3, -0.25) is 4.79 Å². The molecule has 1 unspecified atom stereocenters. The highest BCUT2D eigenvalue weighted by Crippen LogP contribution is 2.36. The van der Waals surface area contributed by atoms with Crippen LogP contribution in [0.3, 0.4) is 0 Å². The molecule has 31 heavy (non-hydrogen) atoms. The van der Waals surface area contributed by atoms with E-state index in [1.807, 2.05) is 6.92 Å². The molecule has 1 atom stereocenters. The number of aromatic amines is 1. The number of hydrogen-bond donors (Lipinski definition) is 1. The molecule has 1 saturated carbocycles. The van der Waals surface area contributed by atoms with Crippen LogP contribution < -0.4 is 0 Å². The number of Topliss-reactive ketones (excluding diaryl/α,β-unsaturated/α-hetero) is 1. The SMILES string of the molecule is Cc1c(C(=O)OC2CCCCCC2)[nH]c2c1C(=O)CC(c1ccc(C(C)(C)C)cc1)C2. The molecular formula is C27H35NO3. The average Bonchev–Trinajstić information content (AvgIpc) is 2.88. The van der Waals surface area contributed by atoms with Gasteiger partial charge >= 0.3 is 5.97 Å². The van der Waals surface area contributed by atoms with Crippen molar-refractivity contribution in [3.05, 3.63) is 57.9 Å². The van der Waals surface area contributed by atoms with Crippen molar-refractivity contribution in [2.24, 2.45) is 0 Å². The molecule has 4 heteroatoms. The van der Waals surface area contributed by atoms with Crippen LogP contribution >= 0.6 is 0 Å². The molecule has 4 nitrogen and oxygen atoms in total. The summed E-state index contributed by atoms with van der Waals surface area (Å²) >= 11 is 0. The lowest BCUT2D eigenvalue weighted by Crippen LogP contribution is -2.19. The lowest BCUT2D eigenvalue weighted by atomic mass is 9.80. The fourth-order valence-electron chi connectivity index (χ4n) is 5.10. The first-order chi connectivity index (χ1) is 14.7. The van der Waals surface area contributed by atoms with Crippen LogP contribution in [-0.2, 0) is 16.6 Å². The molecule has 1 aromatic heterocycles. The summed E-state index contributed by atoms with van der Waals surface area (Å²) in [6.07, 6.45) is 7.78. The maximum atomic E-state index is 13.0. The van der Waals surface area contributed by atoms with Crippen molar-refractivity contribution in [3.63, 3.8) is 0 Å². The second kappa shape index (κ2) is 8.64. The highest BCUT2D eigenvalue weighted by molar-refractivity contribution is 6.03. The lowest BCUT2D eigenvalue weighted by molar-refractivity contribution is 0.0260. The number of carbonyl (C=O) groups is 2. The number of benzene rings is 1. The van der Waals surface area contributed by atoms with Crippen molar-refractivity contribution in [1.82, 2.24) is 4.98 Å². The van der Waals surface area contributed by atoms with Crippen molar-refractivity contribution in [3.8, 4) is 0 Å². The minimum absolute atomic E-state index is 0.000455. The zero-order valence-corrected chi connectivity index (χ0v) is 19.3. The van der Waals surface area contributed by atoms with Gasteiger partial charge in [-0.15, -0.1) is 0 Å². The molecule has 2 aromatic rings.